The molecule has 2 fully saturated rings. The minimum absolute atomic E-state index is 0.0316. The molecule has 2 aliphatic heterocycles. The van der Waals surface area contributed by atoms with Gasteiger partial charge in [-0.3, -0.25) is 0 Å². The second-order valence-electron chi connectivity index (χ2n) is 8.24. The molecule has 2 aromatic heterocycles. The number of hydrogen-bond donors (Lipinski definition) is 1. The molecule has 34 heavy (non-hydrogen) atoms. The highest BCUT2D eigenvalue weighted by Crippen LogP contribution is 2.32. The highest BCUT2D eigenvalue weighted by atomic mass is 19.4. The smallest absolute Gasteiger partial charge is 0.439 e. The fourth-order valence-corrected chi connectivity index (χ4v) is 4.14. The van der Waals surface area contributed by atoms with Crippen molar-refractivity contribution in [2.24, 2.45) is 0 Å². The molecule has 1 aromatic carbocycles. The summed E-state index contributed by atoms with van der Waals surface area (Å²) in [4.78, 5) is 23.7. The van der Waals surface area contributed by atoms with Crippen molar-refractivity contribution in [2.45, 2.75) is 24.6 Å². The lowest BCUT2D eigenvalue weighted by atomic mass is 9.93. The van der Waals surface area contributed by atoms with E-state index in [0.717, 1.165) is 17.8 Å². The van der Waals surface area contributed by atoms with Gasteiger partial charge in [-0.2, -0.15) is 0 Å². The third-order valence-corrected chi connectivity index (χ3v) is 5.94. The van der Waals surface area contributed by atoms with Crippen molar-refractivity contribution >= 4 is 6.03 Å². The highest BCUT2D eigenvalue weighted by Gasteiger charge is 2.37. The molecule has 2 amide bonds. The fraction of sp³-hybridized carbons (Fsp3) is 0.364. The Morgan fingerprint density at radius 3 is 2.38 bits per heavy atom. The second-order valence-corrected chi connectivity index (χ2v) is 8.24. The molecule has 12 heteroatoms. The molecular weight excluding hydrogens is 453 g/mol. The predicted molar refractivity (Wildman–Crippen MR) is 112 cm³/mol. The van der Waals surface area contributed by atoms with Crippen LogP contribution in [0.5, 0.6) is 17.4 Å². The summed E-state index contributed by atoms with van der Waals surface area (Å²) in [6.45, 7) is 2.56. The average Bonchev–Trinajstić information content (AvgIpc) is 3.46. The Bertz CT molecular complexity index is 1120. The van der Waals surface area contributed by atoms with Crippen molar-refractivity contribution < 1.29 is 27.4 Å². The predicted octanol–water partition coefficient (Wildman–Crippen LogP) is 3.90. The van der Waals surface area contributed by atoms with E-state index in [1.807, 2.05) is 15.9 Å². The Morgan fingerprint density at radius 2 is 1.74 bits per heavy atom. The number of nitrogens with one attached hydrogen (secondary N) is 1. The van der Waals surface area contributed by atoms with Gasteiger partial charge < -0.3 is 24.3 Å². The van der Waals surface area contributed by atoms with Crippen molar-refractivity contribution in [1.82, 2.24) is 30.0 Å². The maximum Gasteiger partial charge on any atom is 0.573 e. The maximum absolute atomic E-state index is 12.8. The second kappa shape index (κ2) is 8.84. The number of H-pyrrole nitrogens is 1. The zero-order chi connectivity index (χ0) is 23.7. The number of urea groups is 1. The highest BCUT2D eigenvalue weighted by molar-refractivity contribution is 5.76. The molecule has 2 saturated heterocycles. The topological polar surface area (TPSA) is 96.5 Å². The number of aromatic nitrogens is 4. The number of likely N-dealkylation sites (tertiary alicyclic amines) is 2. The molecule has 0 bridgehead atoms. The molecule has 4 heterocycles. The average molecular weight is 474 g/mol. The van der Waals surface area contributed by atoms with Gasteiger partial charge in [0.05, 0.1) is 0 Å². The lowest BCUT2D eigenvalue weighted by molar-refractivity contribution is -0.274. The van der Waals surface area contributed by atoms with Gasteiger partial charge in [0.15, 0.2) is 0 Å². The first-order valence-corrected chi connectivity index (χ1v) is 10.7. The molecule has 0 radical (unpaired) electrons. The van der Waals surface area contributed by atoms with Crippen LogP contribution in [0.2, 0.25) is 0 Å². The molecule has 2 aliphatic rings. The number of benzene rings is 1. The lowest BCUT2D eigenvalue weighted by Gasteiger charge is -2.41. The number of alkyl halides is 3. The first kappa shape index (κ1) is 22.0. The van der Waals surface area contributed by atoms with Crippen molar-refractivity contribution in [3.8, 4) is 17.4 Å². The number of halogens is 3. The summed E-state index contributed by atoms with van der Waals surface area (Å²) in [5.74, 6) is 1.52. The van der Waals surface area contributed by atoms with Crippen molar-refractivity contribution in [1.29, 1.82) is 0 Å². The Labute approximate surface area is 192 Å². The van der Waals surface area contributed by atoms with Crippen LogP contribution in [0.1, 0.15) is 29.6 Å². The summed E-state index contributed by atoms with van der Waals surface area (Å²) >= 11 is 0. The van der Waals surface area contributed by atoms with Crippen LogP contribution < -0.4 is 9.47 Å². The molecular formula is C22H21F3N6O3. The Hall–Kier alpha value is -3.83. The van der Waals surface area contributed by atoms with Crippen LogP contribution in [0.25, 0.3) is 0 Å². The zero-order valence-electron chi connectivity index (χ0n) is 17.9. The van der Waals surface area contributed by atoms with E-state index < -0.39 is 6.36 Å². The number of carbonyl (C=O) groups excluding carboxylic acids is 1. The zero-order valence-corrected chi connectivity index (χ0v) is 17.9. The number of hydrogen-bond acceptors (Lipinski definition) is 6. The van der Waals surface area contributed by atoms with Crippen molar-refractivity contribution in [2.75, 3.05) is 26.2 Å². The summed E-state index contributed by atoms with van der Waals surface area (Å²) in [7, 11) is 0. The van der Waals surface area contributed by atoms with Gasteiger partial charge in [0.1, 0.15) is 23.7 Å². The summed E-state index contributed by atoms with van der Waals surface area (Å²) in [5, 5.41) is 7.86. The third-order valence-electron chi connectivity index (χ3n) is 5.94. The van der Waals surface area contributed by atoms with Gasteiger partial charge in [-0.05, 0) is 36.2 Å². The van der Waals surface area contributed by atoms with E-state index in [1.54, 1.807) is 18.6 Å². The molecule has 5 rings (SSSR count). The minimum Gasteiger partial charge on any atom is -0.439 e. The maximum atomic E-state index is 12.8. The van der Waals surface area contributed by atoms with Gasteiger partial charge in [0.25, 0.3) is 0 Å². The van der Waals surface area contributed by atoms with Gasteiger partial charge in [-0.25, -0.2) is 9.78 Å². The SMILES string of the molecule is O=C(N1CC(c2ccc(Oc3ccc(OC(F)(F)F)cc3)nc2)C1)N1CCC(c2nnc[nH]2)C1. The van der Waals surface area contributed by atoms with E-state index in [-0.39, 0.29) is 23.6 Å². The number of nitrogens with zero attached hydrogens (tertiary/aromatic N) is 5. The number of aromatic amines is 1. The Morgan fingerprint density at radius 1 is 1.00 bits per heavy atom. The van der Waals surface area contributed by atoms with Crippen LogP contribution in [-0.4, -0.2) is 68.5 Å². The molecule has 1 unspecified atom stereocenters. The fourth-order valence-electron chi connectivity index (χ4n) is 4.14. The van der Waals surface area contributed by atoms with Crippen LogP contribution in [0.3, 0.4) is 0 Å². The number of carbonyl (C=O) groups is 1. The summed E-state index contributed by atoms with van der Waals surface area (Å²) in [5.41, 5.74) is 0.992. The first-order chi connectivity index (χ1) is 16.3. The number of ether oxygens (including phenoxy) is 2. The van der Waals surface area contributed by atoms with Crippen molar-refractivity contribution in [3.05, 3.63) is 60.3 Å². The number of amides is 2. The van der Waals surface area contributed by atoms with Crippen LogP contribution in [0.15, 0.2) is 48.9 Å². The minimum atomic E-state index is -4.74. The normalized spacial score (nSPS) is 18.6. The molecule has 3 aromatic rings. The van der Waals surface area contributed by atoms with Gasteiger partial charge in [-0.1, -0.05) is 6.07 Å². The van der Waals surface area contributed by atoms with Crippen molar-refractivity contribution in [3.63, 3.8) is 0 Å². The van der Waals surface area contributed by atoms with Crippen LogP contribution >= 0.6 is 0 Å². The third kappa shape index (κ3) is 4.90. The Balaban J connectivity index is 1.10. The lowest BCUT2D eigenvalue weighted by Crippen LogP contribution is -2.53. The Kier molecular flexibility index (Phi) is 5.72. The van der Waals surface area contributed by atoms with Crippen LogP contribution in [-0.2, 0) is 0 Å². The summed E-state index contributed by atoms with van der Waals surface area (Å²) in [6, 6.07) is 8.70. The van der Waals surface area contributed by atoms with E-state index in [9.17, 15) is 18.0 Å². The molecule has 0 spiro atoms. The van der Waals surface area contributed by atoms with Gasteiger partial charge in [0, 0.05) is 50.3 Å². The largest absolute Gasteiger partial charge is 0.573 e. The number of rotatable bonds is 5. The monoisotopic (exact) mass is 474 g/mol. The molecule has 0 aliphatic carbocycles. The van der Waals surface area contributed by atoms with E-state index in [2.05, 4.69) is 24.9 Å². The van der Waals surface area contributed by atoms with E-state index >= 15 is 0 Å². The van der Waals surface area contributed by atoms with Gasteiger partial charge >= 0.3 is 12.4 Å². The first-order valence-electron chi connectivity index (χ1n) is 10.7. The van der Waals surface area contributed by atoms with E-state index in [1.165, 1.54) is 24.3 Å². The van der Waals surface area contributed by atoms with Crippen LogP contribution in [0.4, 0.5) is 18.0 Å². The van der Waals surface area contributed by atoms with Crippen LogP contribution in [0, 0.1) is 0 Å². The molecule has 0 saturated carbocycles. The quantitative estimate of drug-likeness (QED) is 0.603. The summed E-state index contributed by atoms with van der Waals surface area (Å²) in [6.07, 6.45) is -0.635. The van der Waals surface area contributed by atoms with E-state index in [4.69, 9.17) is 4.74 Å². The van der Waals surface area contributed by atoms with E-state index in [0.29, 0.717) is 37.8 Å². The van der Waals surface area contributed by atoms with Gasteiger partial charge in [-0.15, -0.1) is 23.4 Å². The standard InChI is InChI=1S/C22H21F3N6O3/c23-22(24,25)34-18-4-2-17(3-5-18)33-19-6-1-14(9-26-19)16-11-31(12-16)21(32)30-8-7-15(10-30)20-27-13-28-29-20/h1-6,9,13,15-16H,7-8,10-12H2,(H,27,28,29). The molecule has 1 atom stereocenters. The molecule has 1 N–H and O–H groups in total. The molecule has 178 valence electrons. The summed E-state index contributed by atoms with van der Waals surface area (Å²) < 4.78 is 46.2. The van der Waals surface area contributed by atoms with Gasteiger partial charge in [0.2, 0.25) is 5.88 Å². The number of pyridine rings is 1. The molecule has 9 nitrogen and oxygen atoms in total.